The number of hydrogen-bond acceptors (Lipinski definition) is 8. The molecule has 0 amide bonds. The fourth-order valence-electron chi connectivity index (χ4n) is 3.88. The van der Waals surface area contributed by atoms with E-state index >= 15 is 0 Å². The minimum atomic E-state index is -0.737. The number of ether oxygens (including phenoxy) is 3. The third-order valence-corrected chi connectivity index (χ3v) is 6.41. The molecule has 0 N–H and O–H groups in total. The summed E-state index contributed by atoms with van der Waals surface area (Å²) in [5, 5.41) is 0. The average Bonchev–Trinajstić information content (AvgIpc) is 3.15. The SMILES string of the molecule is C=CCOC(=O)C1=C(C)N=c2s/c(=C/c3cccc(OC(C)=O)c3)c(=O)n2[C@H]1c1ccc(OC)cc1. The summed E-state index contributed by atoms with van der Waals surface area (Å²) in [6.07, 6.45) is 3.19. The van der Waals surface area contributed by atoms with E-state index in [1.807, 2.05) is 12.1 Å². The molecule has 0 saturated heterocycles. The third-order valence-electron chi connectivity index (χ3n) is 5.42. The van der Waals surface area contributed by atoms with E-state index in [0.717, 1.165) is 0 Å². The highest BCUT2D eigenvalue weighted by atomic mass is 32.1. The number of fused-ring (bicyclic) bond motifs is 1. The van der Waals surface area contributed by atoms with Gasteiger partial charge < -0.3 is 14.2 Å². The van der Waals surface area contributed by atoms with Gasteiger partial charge in [-0.25, -0.2) is 9.79 Å². The first-order valence-corrected chi connectivity index (χ1v) is 11.9. The van der Waals surface area contributed by atoms with Crippen molar-refractivity contribution in [2.45, 2.75) is 19.9 Å². The predicted octanol–water partition coefficient (Wildman–Crippen LogP) is 2.90. The first-order chi connectivity index (χ1) is 17.3. The highest BCUT2D eigenvalue weighted by molar-refractivity contribution is 7.07. The molecule has 1 aromatic heterocycles. The van der Waals surface area contributed by atoms with Gasteiger partial charge in [0.1, 0.15) is 18.1 Å². The predicted molar refractivity (Wildman–Crippen MR) is 136 cm³/mol. The maximum Gasteiger partial charge on any atom is 0.338 e. The monoisotopic (exact) mass is 504 g/mol. The van der Waals surface area contributed by atoms with Gasteiger partial charge >= 0.3 is 11.9 Å². The summed E-state index contributed by atoms with van der Waals surface area (Å²) in [4.78, 5) is 43.0. The Kier molecular flexibility index (Phi) is 7.30. The highest BCUT2D eigenvalue weighted by Gasteiger charge is 2.33. The number of allylic oxidation sites excluding steroid dienone is 1. The van der Waals surface area contributed by atoms with Crippen LogP contribution in [0.3, 0.4) is 0 Å². The molecule has 2 heterocycles. The van der Waals surface area contributed by atoms with Crippen LogP contribution in [0.4, 0.5) is 0 Å². The van der Waals surface area contributed by atoms with Gasteiger partial charge in [-0.3, -0.25) is 14.2 Å². The summed E-state index contributed by atoms with van der Waals surface area (Å²) in [5.74, 6) is 0.0243. The minimum Gasteiger partial charge on any atom is -0.497 e. The second kappa shape index (κ2) is 10.6. The number of methoxy groups -OCH3 is 1. The Labute approximate surface area is 211 Å². The number of benzene rings is 2. The van der Waals surface area contributed by atoms with Crippen molar-refractivity contribution in [3.05, 3.63) is 103 Å². The molecule has 3 aromatic rings. The largest absolute Gasteiger partial charge is 0.497 e. The molecule has 8 nitrogen and oxygen atoms in total. The molecule has 1 aliphatic heterocycles. The maximum absolute atomic E-state index is 13.7. The van der Waals surface area contributed by atoms with Crippen LogP contribution in [0.25, 0.3) is 6.08 Å². The molecule has 0 radical (unpaired) electrons. The van der Waals surface area contributed by atoms with Crippen LogP contribution < -0.4 is 24.4 Å². The number of nitrogens with zero attached hydrogens (tertiary/aromatic N) is 2. The molecule has 2 aromatic carbocycles. The van der Waals surface area contributed by atoms with E-state index in [2.05, 4.69) is 11.6 Å². The van der Waals surface area contributed by atoms with E-state index in [1.54, 1.807) is 56.5 Å². The molecule has 0 saturated carbocycles. The molecule has 0 fully saturated rings. The molecule has 4 rings (SSSR count). The van der Waals surface area contributed by atoms with Crippen molar-refractivity contribution >= 4 is 29.4 Å². The maximum atomic E-state index is 13.7. The van der Waals surface area contributed by atoms with Gasteiger partial charge in [0, 0.05) is 6.92 Å². The number of carbonyl (C=O) groups excluding carboxylic acids is 2. The summed E-state index contributed by atoms with van der Waals surface area (Å²) in [6, 6.07) is 13.3. The number of aromatic nitrogens is 1. The number of hydrogen-bond donors (Lipinski definition) is 0. The van der Waals surface area contributed by atoms with Crippen molar-refractivity contribution in [2.75, 3.05) is 13.7 Å². The van der Waals surface area contributed by atoms with E-state index in [-0.39, 0.29) is 17.7 Å². The molecule has 1 aliphatic rings. The molecule has 0 aliphatic carbocycles. The summed E-state index contributed by atoms with van der Waals surface area (Å²) in [7, 11) is 1.57. The van der Waals surface area contributed by atoms with Crippen LogP contribution >= 0.6 is 11.3 Å². The van der Waals surface area contributed by atoms with Gasteiger partial charge in [0.25, 0.3) is 5.56 Å². The van der Waals surface area contributed by atoms with Crippen molar-refractivity contribution in [3.8, 4) is 11.5 Å². The molecule has 0 bridgehead atoms. The van der Waals surface area contributed by atoms with Crippen molar-refractivity contribution in [3.63, 3.8) is 0 Å². The zero-order valence-electron chi connectivity index (χ0n) is 20.0. The summed E-state index contributed by atoms with van der Waals surface area (Å²) < 4.78 is 17.7. The van der Waals surface area contributed by atoms with Gasteiger partial charge in [-0.1, -0.05) is 48.3 Å². The third kappa shape index (κ3) is 5.06. The van der Waals surface area contributed by atoms with Gasteiger partial charge in [-0.05, 0) is 48.4 Å². The second-order valence-corrected chi connectivity index (χ2v) is 8.92. The first-order valence-electron chi connectivity index (χ1n) is 11.1. The fraction of sp³-hybridized carbons (Fsp3) is 0.185. The van der Waals surface area contributed by atoms with Crippen LogP contribution in [0.1, 0.15) is 31.0 Å². The Morgan fingerprint density at radius 1 is 1.17 bits per heavy atom. The lowest BCUT2D eigenvalue weighted by molar-refractivity contribution is -0.138. The molecule has 1 atom stereocenters. The Hall–Kier alpha value is -4.24. The van der Waals surface area contributed by atoms with Crippen molar-refractivity contribution < 1.29 is 23.8 Å². The van der Waals surface area contributed by atoms with Crippen molar-refractivity contribution in [2.24, 2.45) is 4.99 Å². The zero-order valence-corrected chi connectivity index (χ0v) is 20.8. The Morgan fingerprint density at radius 2 is 1.92 bits per heavy atom. The Bertz CT molecular complexity index is 1550. The molecule has 36 heavy (non-hydrogen) atoms. The van der Waals surface area contributed by atoms with Crippen LogP contribution in [-0.2, 0) is 14.3 Å². The van der Waals surface area contributed by atoms with E-state index in [4.69, 9.17) is 14.2 Å². The standard InChI is InChI=1S/C27H24N2O6S/c1-5-13-34-26(32)23-16(2)28-27-29(24(23)19-9-11-20(33-4)12-10-19)25(31)22(36-27)15-18-7-6-8-21(14-18)35-17(3)30/h5-12,14-15,24H,1,13H2,2-4H3/b22-15+/t24-/m0/s1. The lowest BCUT2D eigenvalue weighted by atomic mass is 9.96. The molecule has 9 heteroatoms. The van der Waals surface area contributed by atoms with Gasteiger partial charge in [0.2, 0.25) is 0 Å². The molecular formula is C27H24N2O6S. The highest BCUT2D eigenvalue weighted by Crippen LogP contribution is 2.31. The first kappa shape index (κ1) is 24.9. The summed E-state index contributed by atoms with van der Waals surface area (Å²) >= 11 is 1.21. The average molecular weight is 505 g/mol. The Balaban J connectivity index is 1.88. The van der Waals surface area contributed by atoms with Crippen LogP contribution in [0.2, 0.25) is 0 Å². The van der Waals surface area contributed by atoms with Crippen LogP contribution in [0, 0.1) is 0 Å². The van der Waals surface area contributed by atoms with E-state index in [0.29, 0.717) is 37.7 Å². The number of carbonyl (C=O) groups is 2. The van der Waals surface area contributed by atoms with E-state index in [1.165, 1.54) is 28.9 Å². The molecule has 184 valence electrons. The summed E-state index contributed by atoms with van der Waals surface area (Å²) in [5.41, 5.74) is 1.83. The van der Waals surface area contributed by atoms with Crippen LogP contribution in [-0.4, -0.2) is 30.2 Å². The molecular weight excluding hydrogens is 480 g/mol. The van der Waals surface area contributed by atoms with Gasteiger partial charge in [0.05, 0.1) is 29.0 Å². The number of rotatable bonds is 7. The van der Waals surface area contributed by atoms with Crippen molar-refractivity contribution in [1.29, 1.82) is 0 Å². The van der Waals surface area contributed by atoms with Gasteiger partial charge in [-0.2, -0.15) is 0 Å². The van der Waals surface area contributed by atoms with Crippen molar-refractivity contribution in [1.82, 2.24) is 4.57 Å². The topological polar surface area (TPSA) is 96.2 Å². The van der Waals surface area contributed by atoms with E-state index in [9.17, 15) is 14.4 Å². The van der Waals surface area contributed by atoms with Crippen LogP contribution in [0.15, 0.2) is 82.2 Å². The van der Waals surface area contributed by atoms with Crippen LogP contribution in [0.5, 0.6) is 11.5 Å². The summed E-state index contributed by atoms with van der Waals surface area (Å²) in [6.45, 7) is 6.67. The smallest absolute Gasteiger partial charge is 0.338 e. The Morgan fingerprint density at radius 3 is 2.58 bits per heavy atom. The quantitative estimate of drug-likeness (QED) is 0.279. The molecule has 0 spiro atoms. The zero-order chi connectivity index (χ0) is 25.8. The lowest BCUT2D eigenvalue weighted by Crippen LogP contribution is -2.39. The minimum absolute atomic E-state index is 0.0358. The number of thiazole rings is 1. The lowest BCUT2D eigenvalue weighted by Gasteiger charge is -2.24. The number of esters is 2. The normalized spacial score (nSPS) is 15.1. The van der Waals surface area contributed by atoms with Gasteiger partial charge in [0.15, 0.2) is 4.80 Å². The fourth-order valence-corrected chi connectivity index (χ4v) is 4.93. The van der Waals surface area contributed by atoms with E-state index < -0.39 is 18.0 Å². The molecule has 0 unspecified atom stereocenters. The van der Waals surface area contributed by atoms with Gasteiger partial charge in [-0.15, -0.1) is 0 Å². The second-order valence-electron chi connectivity index (χ2n) is 7.91.